The van der Waals surface area contributed by atoms with Crippen molar-refractivity contribution in [3.63, 3.8) is 0 Å². The molecule has 0 radical (unpaired) electrons. The first kappa shape index (κ1) is 23.5. The van der Waals surface area contributed by atoms with Crippen molar-refractivity contribution in [1.29, 1.82) is 0 Å². The number of fused-ring (bicyclic) bond motifs is 1. The van der Waals surface area contributed by atoms with Crippen LogP contribution in [-0.4, -0.2) is 38.8 Å². The summed E-state index contributed by atoms with van der Waals surface area (Å²) < 4.78 is 0. The van der Waals surface area contributed by atoms with Crippen molar-refractivity contribution in [3.8, 4) is 0 Å². The minimum atomic E-state index is -0.350. The summed E-state index contributed by atoms with van der Waals surface area (Å²) in [5, 5.41) is 3.82. The largest absolute Gasteiger partial charge is 0.347 e. The molecule has 0 unspecified atom stereocenters. The summed E-state index contributed by atoms with van der Waals surface area (Å²) in [7, 11) is 0. The van der Waals surface area contributed by atoms with Gasteiger partial charge in [-0.2, -0.15) is 0 Å². The van der Waals surface area contributed by atoms with Gasteiger partial charge in [-0.25, -0.2) is 4.98 Å². The average Bonchev–Trinajstić information content (AvgIpc) is 2.71. The number of nitrogens with zero attached hydrogens (tertiary/aromatic N) is 2. The zero-order chi connectivity index (χ0) is 23.5. The smallest absolute Gasteiger partial charge is 0.258 e. The van der Waals surface area contributed by atoms with Gasteiger partial charge in [0.2, 0.25) is 0 Å². The third-order valence-corrected chi connectivity index (χ3v) is 4.96. The topological polar surface area (TPSA) is 95.2 Å². The van der Waals surface area contributed by atoms with Gasteiger partial charge in [-0.3, -0.25) is 14.4 Å². The predicted molar refractivity (Wildman–Crippen MR) is 126 cm³/mol. The standard InChI is InChI=1S/C24H27ClN4O3/c1-5-12-29(14-20-26-19-13-17(25)10-11-18(19)22(31)27-20)23(32)16-8-6-15(7-9-16)21(30)28-24(2,3)4/h6-11,13H,5,12,14H2,1-4H3,(H,28,30)(H,26,27,31). The number of nitrogens with one attached hydrogen (secondary N) is 2. The second-order valence-corrected chi connectivity index (χ2v) is 9.12. The maximum Gasteiger partial charge on any atom is 0.258 e. The minimum absolute atomic E-state index is 0.149. The van der Waals surface area contributed by atoms with Gasteiger partial charge in [0.15, 0.2) is 0 Å². The van der Waals surface area contributed by atoms with E-state index in [1.807, 2.05) is 27.7 Å². The molecule has 0 aliphatic heterocycles. The Labute approximate surface area is 191 Å². The summed E-state index contributed by atoms with van der Waals surface area (Å²) in [4.78, 5) is 46.7. The Bertz CT molecular complexity index is 1200. The van der Waals surface area contributed by atoms with E-state index in [1.54, 1.807) is 47.4 Å². The Hall–Kier alpha value is -3.19. The van der Waals surface area contributed by atoms with E-state index in [4.69, 9.17) is 11.6 Å². The number of hydrogen-bond acceptors (Lipinski definition) is 4. The molecule has 2 amide bonds. The Morgan fingerprint density at radius 2 is 1.75 bits per heavy atom. The zero-order valence-corrected chi connectivity index (χ0v) is 19.4. The molecule has 1 heterocycles. The van der Waals surface area contributed by atoms with Crippen molar-refractivity contribution in [2.75, 3.05) is 6.54 Å². The molecule has 2 aromatic carbocycles. The summed E-state index contributed by atoms with van der Waals surface area (Å²) in [6, 6.07) is 11.4. The number of H-pyrrole nitrogens is 1. The van der Waals surface area contributed by atoms with E-state index in [1.165, 1.54) is 0 Å². The molecule has 3 rings (SSSR count). The maximum absolute atomic E-state index is 13.1. The average molecular weight is 455 g/mol. The predicted octanol–water partition coefficient (Wildman–Crippen LogP) is 4.16. The molecule has 0 spiro atoms. The van der Waals surface area contributed by atoms with Crippen molar-refractivity contribution in [2.45, 2.75) is 46.2 Å². The third-order valence-electron chi connectivity index (χ3n) is 4.72. The van der Waals surface area contributed by atoms with E-state index >= 15 is 0 Å². The van der Waals surface area contributed by atoms with Crippen molar-refractivity contribution in [1.82, 2.24) is 20.2 Å². The molecule has 0 atom stereocenters. The van der Waals surface area contributed by atoms with Gasteiger partial charge >= 0.3 is 0 Å². The van der Waals surface area contributed by atoms with Gasteiger partial charge < -0.3 is 15.2 Å². The van der Waals surface area contributed by atoms with Gasteiger partial charge in [0.05, 0.1) is 17.4 Å². The zero-order valence-electron chi connectivity index (χ0n) is 18.7. The van der Waals surface area contributed by atoms with Crippen molar-refractivity contribution in [2.24, 2.45) is 0 Å². The van der Waals surface area contributed by atoms with E-state index in [2.05, 4.69) is 15.3 Å². The number of halogens is 1. The Morgan fingerprint density at radius 1 is 1.09 bits per heavy atom. The molecule has 2 N–H and O–H groups in total. The Morgan fingerprint density at radius 3 is 2.38 bits per heavy atom. The summed E-state index contributed by atoms with van der Waals surface area (Å²) in [6.07, 6.45) is 0.738. The lowest BCUT2D eigenvalue weighted by Gasteiger charge is -2.22. The Balaban J connectivity index is 1.82. The van der Waals surface area contributed by atoms with Gasteiger partial charge in [0.1, 0.15) is 5.82 Å². The van der Waals surface area contributed by atoms with Crippen molar-refractivity contribution < 1.29 is 9.59 Å². The highest BCUT2D eigenvalue weighted by molar-refractivity contribution is 6.31. The van der Waals surface area contributed by atoms with Crippen LogP contribution < -0.4 is 10.9 Å². The van der Waals surface area contributed by atoms with Crippen LogP contribution in [0.25, 0.3) is 10.9 Å². The van der Waals surface area contributed by atoms with E-state index in [0.29, 0.717) is 39.4 Å². The third kappa shape index (κ3) is 5.73. The highest BCUT2D eigenvalue weighted by Crippen LogP contribution is 2.16. The number of rotatable bonds is 6. The van der Waals surface area contributed by atoms with Crippen LogP contribution in [0.5, 0.6) is 0 Å². The molecule has 0 aliphatic carbocycles. The van der Waals surface area contributed by atoms with Crippen LogP contribution in [0.2, 0.25) is 5.02 Å². The molecule has 0 saturated carbocycles. The number of benzene rings is 2. The summed E-state index contributed by atoms with van der Waals surface area (Å²) in [6.45, 7) is 8.33. The number of aromatic nitrogens is 2. The van der Waals surface area contributed by atoms with Gasteiger partial charge in [-0.1, -0.05) is 18.5 Å². The van der Waals surface area contributed by atoms with E-state index in [9.17, 15) is 14.4 Å². The van der Waals surface area contributed by atoms with E-state index in [0.717, 1.165) is 6.42 Å². The molecule has 1 aromatic heterocycles. The first-order valence-electron chi connectivity index (χ1n) is 10.5. The highest BCUT2D eigenvalue weighted by atomic mass is 35.5. The summed E-state index contributed by atoms with van der Waals surface area (Å²) in [5.41, 5.74) is 0.791. The molecule has 168 valence electrons. The molecule has 8 heteroatoms. The first-order chi connectivity index (χ1) is 15.1. The lowest BCUT2D eigenvalue weighted by molar-refractivity contribution is 0.0738. The second kappa shape index (κ2) is 9.53. The maximum atomic E-state index is 13.1. The monoisotopic (exact) mass is 454 g/mol. The molecule has 3 aromatic rings. The molecule has 0 bridgehead atoms. The van der Waals surface area contributed by atoms with Gasteiger partial charge in [-0.15, -0.1) is 0 Å². The summed E-state index contributed by atoms with van der Waals surface area (Å²) >= 11 is 6.03. The molecule has 0 fully saturated rings. The molecule has 32 heavy (non-hydrogen) atoms. The molecular weight excluding hydrogens is 428 g/mol. The number of aromatic amines is 1. The number of carbonyl (C=O) groups is 2. The van der Waals surface area contributed by atoms with E-state index < -0.39 is 0 Å². The van der Waals surface area contributed by atoms with Crippen LogP contribution in [-0.2, 0) is 6.54 Å². The number of hydrogen-bond donors (Lipinski definition) is 2. The van der Waals surface area contributed by atoms with Crippen LogP contribution >= 0.6 is 11.6 Å². The highest BCUT2D eigenvalue weighted by Gasteiger charge is 2.19. The van der Waals surface area contributed by atoms with Crippen molar-refractivity contribution >= 4 is 34.3 Å². The van der Waals surface area contributed by atoms with Crippen LogP contribution in [0, 0.1) is 0 Å². The van der Waals surface area contributed by atoms with Crippen LogP contribution in [0.15, 0.2) is 47.3 Å². The first-order valence-corrected chi connectivity index (χ1v) is 10.9. The SMILES string of the molecule is CCCN(Cc1nc2cc(Cl)ccc2c(=O)[nH]1)C(=O)c1ccc(C(=O)NC(C)(C)C)cc1. The fraction of sp³-hybridized carbons (Fsp3) is 0.333. The molecule has 0 saturated heterocycles. The lowest BCUT2D eigenvalue weighted by Crippen LogP contribution is -2.40. The van der Waals surface area contributed by atoms with Crippen LogP contribution in [0.3, 0.4) is 0 Å². The van der Waals surface area contributed by atoms with Crippen LogP contribution in [0.1, 0.15) is 60.7 Å². The second-order valence-electron chi connectivity index (χ2n) is 8.68. The molecular formula is C24H27ClN4O3. The minimum Gasteiger partial charge on any atom is -0.347 e. The number of amides is 2. The lowest BCUT2D eigenvalue weighted by atomic mass is 10.1. The fourth-order valence-electron chi connectivity index (χ4n) is 3.30. The molecule has 0 aliphatic rings. The van der Waals surface area contributed by atoms with E-state index in [-0.39, 0.29) is 29.5 Å². The van der Waals surface area contributed by atoms with Gasteiger partial charge in [0.25, 0.3) is 17.4 Å². The van der Waals surface area contributed by atoms with Crippen LogP contribution in [0.4, 0.5) is 0 Å². The van der Waals surface area contributed by atoms with Gasteiger partial charge in [0, 0.05) is 28.2 Å². The fourth-order valence-corrected chi connectivity index (χ4v) is 3.46. The molecule has 7 nitrogen and oxygen atoms in total. The van der Waals surface area contributed by atoms with Crippen molar-refractivity contribution in [3.05, 3.63) is 74.8 Å². The summed E-state index contributed by atoms with van der Waals surface area (Å²) in [5.74, 6) is -0.0188. The van der Waals surface area contributed by atoms with Gasteiger partial charge in [-0.05, 0) is 69.7 Å². The Kier molecular flexibility index (Phi) is 6.99. The normalized spacial score (nSPS) is 11.4. The number of carbonyl (C=O) groups excluding carboxylic acids is 2. The quantitative estimate of drug-likeness (QED) is 0.584.